The molecule has 4 atom stereocenters. The number of amides is 1. The molecule has 41 heavy (non-hydrogen) atoms. The summed E-state index contributed by atoms with van der Waals surface area (Å²) < 4.78 is 34.6. The number of carbonyl (C=O) groups is 1. The van der Waals surface area contributed by atoms with Crippen LogP contribution in [-0.4, -0.2) is 48.2 Å². The van der Waals surface area contributed by atoms with Crippen LogP contribution in [0.25, 0.3) is 0 Å². The van der Waals surface area contributed by atoms with Crippen molar-refractivity contribution in [3.63, 3.8) is 0 Å². The molecule has 0 radical (unpaired) electrons. The second-order valence-electron chi connectivity index (χ2n) is 11.8. The number of benzene rings is 2. The van der Waals surface area contributed by atoms with Crippen LogP contribution in [0.1, 0.15) is 69.7 Å². The number of aryl methyl sites for hydroxylation is 1. The number of fused-ring (bicyclic) bond motifs is 1. The van der Waals surface area contributed by atoms with Gasteiger partial charge in [0.25, 0.3) is 10.0 Å². The highest BCUT2D eigenvalue weighted by Crippen LogP contribution is 2.48. The number of sulfonamides is 1. The number of hydrogen-bond donors (Lipinski definition) is 2. The van der Waals surface area contributed by atoms with Crippen LogP contribution >= 0.6 is 11.6 Å². The number of alkyl carbamates (subject to hydrolysis) is 1. The van der Waals surface area contributed by atoms with E-state index in [1.807, 2.05) is 58.9 Å². The average Bonchev–Trinajstić information content (AvgIpc) is 3.45. The van der Waals surface area contributed by atoms with Gasteiger partial charge in [-0.05, 0) is 77.6 Å². The lowest BCUT2D eigenvalue weighted by Gasteiger charge is -2.27. The number of hydrogen-bond acceptors (Lipinski definition) is 7. The molecule has 3 aromatic rings. The Morgan fingerprint density at radius 3 is 2.46 bits per heavy atom. The molecule has 1 aliphatic heterocycles. The lowest BCUT2D eigenvalue weighted by atomic mass is 9.92. The summed E-state index contributed by atoms with van der Waals surface area (Å²) in [6, 6.07) is 13.9. The standard InChI is InChI=1S/C30H36ClN5O4S/c1-18-10-14-22(15-11-18)41(38,39)36-19(2)26(23-8-6-7-9-25(23)36)27-24(31)17-32-28(35-27)33-20-12-13-21(16-20)34-29(37)40-30(3,4)5/h6-11,14-15,17,19-21,26H,12-13,16H2,1-5H3,(H,34,37)(H,32,33,35)/t19?,20?,21-,26?/m1/s1. The highest BCUT2D eigenvalue weighted by molar-refractivity contribution is 7.92. The monoisotopic (exact) mass is 597 g/mol. The van der Waals surface area contributed by atoms with Crippen molar-refractivity contribution in [2.24, 2.45) is 0 Å². The van der Waals surface area contributed by atoms with Gasteiger partial charge in [0, 0.05) is 12.1 Å². The number of ether oxygens (including phenoxy) is 1. The average molecular weight is 598 g/mol. The van der Waals surface area contributed by atoms with Crippen LogP contribution in [0.4, 0.5) is 16.4 Å². The fraction of sp³-hybridized carbons (Fsp3) is 0.433. The summed E-state index contributed by atoms with van der Waals surface area (Å²) in [4.78, 5) is 21.7. The van der Waals surface area contributed by atoms with Crippen molar-refractivity contribution in [1.82, 2.24) is 15.3 Å². The maximum atomic E-state index is 13.9. The predicted octanol–water partition coefficient (Wildman–Crippen LogP) is 6.03. The van der Waals surface area contributed by atoms with E-state index in [1.54, 1.807) is 30.5 Å². The van der Waals surface area contributed by atoms with Gasteiger partial charge >= 0.3 is 6.09 Å². The smallest absolute Gasteiger partial charge is 0.407 e. The van der Waals surface area contributed by atoms with Gasteiger partial charge in [0.15, 0.2) is 0 Å². The van der Waals surface area contributed by atoms with Gasteiger partial charge in [-0.2, -0.15) is 0 Å². The Morgan fingerprint density at radius 1 is 1.07 bits per heavy atom. The van der Waals surface area contributed by atoms with Gasteiger partial charge in [0.2, 0.25) is 5.95 Å². The molecule has 2 N–H and O–H groups in total. The number of rotatable bonds is 6. The molecule has 1 aromatic heterocycles. The number of carbonyl (C=O) groups excluding carboxylic acids is 1. The van der Waals surface area contributed by atoms with Gasteiger partial charge in [-0.15, -0.1) is 0 Å². The van der Waals surface area contributed by atoms with E-state index in [-0.39, 0.29) is 17.0 Å². The molecule has 1 aliphatic carbocycles. The van der Waals surface area contributed by atoms with Gasteiger partial charge in [0.1, 0.15) is 5.60 Å². The Balaban J connectivity index is 1.38. The summed E-state index contributed by atoms with van der Waals surface area (Å²) in [7, 11) is -3.84. The SMILES string of the molecule is Cc1ccc(S(=O)(=O)N2c3ccccc3C(c3nc(NC4CC[C@@H](NC(=O)OC(C)(C)C)C4)ncc3Cl)C2C)cc1. The molecular weight excluding hydrogens is 562 g/mol. The topological polar surface area (TPSA) is 114 Å². The molecule has 1 saturated carbocycles. The van der Waals surface area contributed by atoms with Crippen LogP contribution in [0.15, 0.2) is 59.6 Å². The van der Waals surface area contributed by atoms with E-state index in [0.29, 0.717) is 28.8 Å². The molecule has 2 aromatic carbocycles. The molecule has 2 aliphatic rings. The third-order valence-electron chi connectivity index (χ3n) is 7.49. The summed E-state index contributed by atoms with van der Waals surface area (Å²) in [6.07, 6.45) is 3.46. The summed E-state index contributed by atoms with van der Waals surface area (Å²) in [5, 5.41) is 6.70. The fourth-order valence-corrected chi connectivity index (χ4v) is 7.58. The van der Waals surface area contributed by atoms with Crippen LogP contribution in [0, 0.1) is 6.92 Å². The van der Waals surface area contributed by atoms with Crippen LogP contribution in [0.3, 0.4) is 0 Å². The Morgan fingerprint density at radius 2 is 1.76 bits per heavy atom. The lowest BCUT2D eigenvalue weighted by Crippen LogP contribution is -2.38. The largest absolute Gasteiger partial charge is 0.444 e. The lowest BCUT2D eigenvalue weighted by molar-refractivity contribution is 0.0505. The summed E-state index contributed by atoms with van der Waals surface area (Å²) in [5.41, 5.74) is 2.44. The third kappa shape index (κ3) is 6.13. The molecule has 11 heteroatoms. The van der Waals surface area contributed by atoms with Crippen molar-refractivity contribution in [3.8, 4) is 0 Å². The Bertz CT molecular complexity index is 1540. The van der Waals surface area contributed by atoms with Crippen LogP contribution in [0.5, 0.6) is 0 Å². The summed E-state index contributed by atoms with van der Waals surface area (Å²) >= 11 is 6.67. The highest BCUT2D eigenvalue weighted by Gasteiger charge is 2.44. The molecule has 1 amide bonds. The Labute approximate surface area is 246 Å². The molecular formula is C30H36ClN5O4S. The maximum Gasteiger partial charge on any atom is 0.407 e. The molecule has 0 bridgehead atoms. The van der Waals surface area contributed by atoms with Crippen molar-refractivity contribution in [1.29, 1.82) is 0 Å². The van der Waals surface area contributed by atoms with Gasteiger partial charge in [-0.25, -0.2) is 23.2 Å². The van der Waals surface area contributed by atoms with Crippen LogP contribution in [-0.2, 0) is 14.8 Å². The van der Waals surface area contributed by atoms with Crippen molar-refractivity contribution in [2.45, 2.75) is 88.4 Å². The number of anilines is 2. The first-order valence-electron chi connectivity index (χ1n) is 13.8. The second-order valence-corrected chi connectivity index (χ2v) is 14.0. The van der Waals surface area contributed by atoms with Crippen molar-refractivity contribution >= 4 is 39.4 Å². The van der Waals surface area contributed by atoms with E-state index in [0.717, 1.165) is 24.0 Å². The molecule has 0 spiro atoms. The predicted molar refractivity (Wildman–Crippen MR) is 160 cm³/mol. The van der Waals surface area contributed by atoms with Crippen LogP contribution < -0.4 is 14.9 Å². The molecule has 2 heterocycles. The second kappa shape index (κ2) is 11.1. The minimum Gasteiger partial charge on any atom is -0.444 e. The van der Waals surface area contributed by atoms with Crippen molar-refractivity contribution in [3.05, 3.63) is 76.6 Å². The van der Waals surface area contributed by atoms with Crippen LogP contribution in [0.2, 0.25) is 5.02 Å². The molecule has 3 unspecified atom stereocenters. The normalized spacial score (nSPS) is 22.3. The zero-order valence-electron chi connectivity index (χ0n) is 23.9. The van der Waals surface area contributed by atoms with Crippen molar-refractivity contribution in [2.75, 3.05) is 9.62 Å². The van der Waals surface area contributed by atoms with E-state index in [4.69, 9.17) is 21.3 Å². The van der Waals surface area contributed by atoms with E-state index >= 15 is 0 Å². The molecule has 5 rings (SSSR count). The van der Waals surface area contributed by atoms with E-state index in [2.05, 4.69) is 15.6 Å². The van der Waals surface area contributed by atoms with Gasteiger partial charge in [0.05, 0.1) is 39.5 Å². The first kappa shape index (κ1) is 29.1. The van der Waals surface area contributed by atoms with E-state index in [9.17, 15) is 13.2 Å². The number of para-hydroxylation sites is 1. The number of halogens is 1. The zero-order valence-corrected chi connectivity index (χ0v) is 25.5. The van der Waals surface area contributed by atoms with Crippen molar-refractivity contribution < 1.29 is 17.9 Å². The molecule has 218 valence electrons. The minimum atomic E-state index is -3.84. The Hall–Kier alpha value is -3.37. The number of aromatic nitrogens is 2. The first-order valence-corrected chi connectivity index (χ1v) is 15.6. The van der Waals surface area contributed by atoms with Gasteiger partial charge in [-0.1, -0.05) is 47.5 Å². The van der Waals surface area contributed by atoms with Gasteiger partial charge < -0.3 is 15.4 Å². The fourth-order valence-electron chi connectivity index (χ4n) is 5.68. The molecule has 1 fully saturated rings. The Kier molecular flexibility index (Phi) is 7.91. The third-order valence-corrected chi connectivity index (χ3v) is 9.70. The van der Waals surface area contributed by atoms with E-state index < -0.39 is 33.7 Å². The zero-order chi connectivity index (χ0) is 29.5. The molecule has 9 nitrogen and oxygen atoms in total. The molecule has 0 saturated heterocycles. The quantitative estimate of drug-likeness (QED) is 0.357. The summed E-state index contributed by atoms with van der Waals surface area (Å²) in [5.74, 6) is 0.0180. The van der Waals surface area contributed by atoms with E-state index in [1.165, 1.54) is 4.31 Å². The van der Waals surface area contributed by atoms with Gasteiger partial charge in [-0.3, -0.25) is 4.31 Å². The number of nitrogens with one attached hydrogen (secondary N) is 2. The minimum absolute atomic E-state index is 0.0172. The number of nitrogens with zero attached hydrogens (tertiary/aromatic N) is 3. The first-order chi connectivity index (χ1) is 19.3. The highest BCUT2D eigenvalue weighted by atomic mass is 35.5. The summed E-state index contributed by atoms with van der Waals surface area (Å²) in [6.45, 7) is 9.31. The maximum absolute atomic E-state index is 13.9.